The van der Waals surface area contributed by atoms with Crippen molar-refractivity contribution in [1.29, 1.82) is 0 Å². The van der Waals surface area contributed by atoms with Crippen LogP contribution in [0.4, 0.5) is 0 Å². The predicted molar refractivity (Wildman–Crippen MR) is 147 cm³/mol. The van der Waals surface area contributed by atoms with E-state index in [1.54, 1.807) is 0 Å². The smallest absolute Gasteiger partial charge is 0.330 e. The second-order valence-electron chi connectivity index (χ2n) is 8.51. The number of carbonyl (C=O) groups excluding carboxylic acids is 5. The first-order chi connectivity index (χ1) is 19.4. The molecule has 0 aliphatic rings. The molecule has 0 aliphatic heterocycles. The Morgan fingerprint density at radius 1 is 0.415 bits per heavy atom. The van der Waals surface area contributed by atoms with E-state index >= 15 is 0 Å². The first kappa shape index (κ1) is 36.3. The summed E-state index contributed by atoms with van der Waals surface area (Å²) in [6.07, 6.45) is 5.94. The van der Waals surface area contributed by atoms with E-state index in [-0.39, 0.29) is 38.8 Å². The quantitative estimate of drug-likeness (QED) is 0.0577. The van der Waals surface area contributed by atoms with Crippen molar-refractivity contribution >= 4 is 29.8 Å². The summed E-state index contributed by atoms with van der Waals surface area (Å²) in [6, 6.07) is 0. The Kier molecular flexibility index (Phi) is 17.1. The average Bonchev–Trinajstić information content (AvgIpc) is 3.00. The van der Waals surface area contributed by atoms with Gasteiger partial charge in [0.15, 0.2) is 0 Å². The minimum Gasteiger partial charge on any atom is -0.493 e. The summed E-state index contributed by atoms with van der Waals surface area (Å²) in [5, 5.41) is 0. The molecule has 0 amide bonds. The third-order valence-corrected chi connectivity index (χ3v) is 5.04. The summed E-state index contributed by atoms with van der Waals surface area (Å²) in [5.41, 5.74) is -2.77. The van der Waals surface area contributed by atoms with Crippen LogP contribution in [0.5, 0.6) is 0 Å². The fourth-order valence-electron chi connectivity index (χ4n) is 2.70. The highest BCUT2D eigenvalue weighted by Gasteiger charge is 2.40. The van der Waals surface area contributed by atoms with E-state index in [9.17, 15) is 24.0 Å². The van der Waals surface area contributed by atoms with E-state index in [2.05, 4.69) is 46.1 Å². The zero-order valence-electron chi connectivity index (χ0n) is 23.0. The second kappa shape index (κ2) is 19.4. The monoisotopic (exact) mass is 576 g/mol. The Bertz CT molecular complexity index is 823. The number of hydrogen-bond donors (Lipinski definition) is 0. The zero-order valence-corrected chi connectivity index (χ0v) is 23.0. The zero-order chi connectivity index (χ0) is 31.3. The summed E-state index contributed by atoms with van der Waals surface area (Å²) in [6.45, 7) is 20.9. The molecular formula is C29H36O12. The standard InChI is InChI=1S/C29H36O12/c1-8-22(7)36-16-28(17-37-23(30)9-2,18-38-24(31)10-3)14-35-15-29(19-39-25(32)11-4,20-40-26(33)12-5)21-41-27(34)13-6/h8-13H,1-7,14-21H2. The van der Waals surface area contributed by atoms with Gasteiger partial charge < -0.3 is 33.2 Å². The molecule has 0 unspecified atom stereocenters. The molecule has 0 atom stereocenters. The molecule has 0 fully saturated rings. The molecule has 0 spiro atoms. The lowest BCUT2D eigenvalue weighted by atomic mass is 9.90. The molecule has 0 heterocycles. The van der Waals surface area contributed by atoms with Crippen LogP contribution in [0.3, 0.4) is 0 Å². The van der Waals surface area contributed by atoms with Crippen LogP contribution in [0.25, 0.3) is 0 Å². The highest BCUT2D eigenvalue weighted by atomic mass is 16.6. The maximum absolute atomic E-state index is 11.9. The van der Waals surface area contributed by atoms with Crippen LogP contribution >= 0.6 is 0 Å². The van der Waals surface area contributed by atoms with E-state index in [1.165, 1.54) is 6.08 Å². The van der Waals surface area contributed by atoms with Gasteiger partial charge in [-0.1, -0.05) is 46.1 Å². The van der Waals surface area contributed by atoms with Crippen LogP contribution in [-0.2, 0) is 57.1 Å². The number of esters is 5. The molecule has 0 aromatic carbocycles. The fraction of sp³-hybridized carbons (Fsp3) is 0.345. The van der Waals surface area contributed by atoms with Gasteiger partial charge in [0.25, 0.3) is 0 Å². The van der Waals surface area contributed by atoms with Gasteiger partial charge in [-0.25, -0.2) is 24.0 Å². The summed E-state index contributed by atoms with van der Waals surface area (Å²) in [5.74, 6) is -3.80. The summed E-state index contributed by atoms with van der Waals surface area (Å²) < 4.78 is 37.5. The van der Waals surface area contributed by atoms with E-state index in [4.69, 9.17) is 33.2 Å². The van der Waals surface area contributed by atoms with E-state index in [0.717, 1.165) is 30.4 Å². The first-order valence-electron chi connectivity index (χ1n) is 11.9. The van der Waals surface area contributed by atoms with E-state index in [0.29, 0.717) is 0 Å². The average molecular weight is 577 g/mol. The molecule has 0 aromatic rings. The van der Waals surface area contributed by atoms with Crippen LogP contribution in [-0.4, -0.2) is 82.7 Å². The van der Waals surface area contributed by atoms with Crippen molar-refractivity contribution in [3.8, 4) is 0 Å². The first-order valence-corrected chi connectivity index (χ1v) is 11.9. The third-order valence-electron chi connectivity index (χ3n) is 5.04. The van der Waals surface area contributed by atoms with Crippen LogP contribution in [0.15, 0.2) is 88.3 Å². The molecule has 12 heteroatoms. The van der Waals surface area contributed by atoms with Gasteiger partial charge in [0.2, 0.25) is 0 Å². The normalized spacial score (nSPS) is 10.5. The lowest BCUT2D eigenvalue weighted by Gasteiger charge is -2.35. The lowest BCUT2D eigenvalue weighted by Crippen LogP contribution is -2.46. The molecule has 0 saturated heterocycles. The third kappa shape index (κ3) is 14.9. The highest BCUT2D eigenvalue weighted by Crippen LogP contribution is 2.26. The van der Waals surface area contributed by atoms with Gasteiger partial charge in [0, 0.05) is 30.4 Å². The van der Waals surface area contributed by atoms with Crippen LogP contribution < -0.4 is 0 Å². The van der Waals surface area contributed by atoms with Gasteiger partial charge in [0.05, 0.1) is 24.0 Å². The van der Waals surface area contributed by atoms with Gasteiger partial charge in [-0.3, -0.25) is 0 Å². The van der Waals surface area contributed by atoms with Crippen LogP contribution in [0, 0.1) is 10.8 Å². The molecular weight excluding hydrogens is 540 g/mol. The topological polar surface area (TPSA) is 150 Å². The van der Waals surface area contributed by atoms with Gasteiger partial charge >= 0.3 is 29.8 Å². The van der Waals surface area contributed by atoms with Crippen molar-refractivity contribution in [1.82, 2.24) is 0 Å². The van der Waals surface area contributed by atoms with Gasteiger partial charge in [-0.15, -0.1) is 0 Å². The maximum Gasteiger partial charge on any atom is 0.330 e. The molecule has 0 N–H and O–H groups in total. The SMILES string of the molecule is C=CC(=C)OCC(COCC(COC(=O)C=C)(COC(=O)C=C)COC(=O)C=C)(COC(=O)C=C)COC(=O)C=C. The number of hydrogen-bond acceptors (Lipinski definition) is 12. The van der Waals surface area contributed by atoms with Crippen molar-refractivity contribution in [3.05, 3.63) is 88.3 Å². The number of carbonyl (C=O) groups is 5. The number of ether oxygens (including phenoxy) is 7. The molecule has 0 aliphatic carbocycles. The molecule has 0 rings (SSSR count). The van der Waals surface area contributed by atoms with Crippen molar-refractivity contribution in [2.75, 3.05) is 52.9 Å². The molecule has 41 heavy (non-hydrogen) atoms. The van der Waals surface area contributed by atoms with Gasteiger partial charge in [-0.2, -0.15) is 0 Å². The number of allylic oxidation sites excluding steroid dienone is 1. The highest BCUT2D eigenvalue weighted by molar-refractivity contribution is 5.82. The Balaban J connectivity index is 6.30. The van der Waals surface area contributed by atoms with Crippen molar-refractivity contribution < 1.29 is 57.1 Å². The largest absolute Gasteiger partial charge is 0.493 e. The fourth-order valence-corrected chi connectivity index (χ4v) is 2.70. The summed E-state index contributed by atoms with van der Waals surface area (Å²) >= 11 is 0. The Hall–Kier alpha value is -4.71. The Morgan fingerprint density at radius 3 is 0.878 bits per heavy atom. The predicted octanol–water partition coefficient (Wildman–Crippen LogP) is 2.34. The van der Waals surface area contributed by atoms with Gasteiger partial charge in [-0.05, 0) is 6.08 Å². The molecule has 12 nitrogen and oxygen atoms in total. The Morgan fingerprint density at radius 2 is 0.659 bits per heavy atom. The van der Waals surface area contributed by atoms with Gasteiger partial charge in [0.1, 0.15) is 45.4 Å². The minimum atomic E-state index is -1.44. The van der Waals surface area contributed by atoms with Crippen molar-refractivity contribution in [3.63, 3.8) is 0 Å². The van der Waals surface area contributed by atoms with E-state index in [1.807, 2.05) is 0 Å². The van der Waals surface area contributed by atoms with Crippen LogP contribution in [0.1, 0.15) is 0 Å². The molecule has 0 saturated carbocycles. The molecule has 0 bridgehead atoms. The molecule has 0 aromatic heterocycles. The maximum atomic E-state index is 11.9. The second-order valence-corrected chi connectivity index (χ2v) is 8.51. The lowest BCUT2D eigenvalue weighted by molar-refractivity contribution is -0.167. The van der Waals surface area contributed by atoms with Crippen LogP contribution in [0.2, 0.25) is 0 Å². The van der Waals surface area contributed by atoms with Crippen molar-refractivity contribution in [2.24, 2.45) is 10.8 Å². The Labute approximate surface area is 239 Å². The minimum absolute atomic E-state index is 0.165. The van der Waals surface area contributed by atoms with E-state index < -0.39 is 60.5 Å². The summed E-state index contributed by atoms with van der Waals surface area (Å²) in [7, 11) is 0. The number of rotatable bonds is 23. The molecule has 224 valence electrons. The summed E-state index contributed by atoms with van der Waals surface area (Å²) in [4.78, 5) is 59.2. The van der Waals surface area contributed by atoms with Crippen molar-refractivity contribution in [2.45, 2.75) is 0 Å². The molecule has 0 radical (unpaired) electrons.